The van der Waals surface area contributed by atoms with E-state index in [4.69, 9.17) is 9.84 Å². The fourth-order valence-electron chi connectivity index (χ4n) is 1.50. The van der Waals surface area contributed by atoms with E-state index in [1.165, 1.54) is 0 Å². The quantitative estimate of drug-likeness (QED) is 0.732. The van der Waals surface area contributed by atoms with Gasteiger partial charge in [0.25, 0.3) is 0 Å². The van der Waals surface area contributed by atoms with Crippen molar-refractivity contribution in [3.05, 3.63) is 0 Å². The molecular weight excluding hydrogens is 222 g/mol. The molecule has 1 N–H and O–H groups in total. The van der Waals surface area contributed by atoms with E-state index >= 15 is 0 Å². The molecule has 5 nitrogen and oxygen atoms in total. The van der Waals surface area contributed by atoms with Crippen LogP contribution in [0.5, 0.6) is 0 Å². The van der Waals surface area contributed by atoms with Crippen LogP contribution < -0.4 is 0 Å². The molecule has 2 atom stereocenters. The first-order valence-electron chi connectivity index (χ1n) is 5.85. The van der Waals surface area contributed by atoms with Crippen LogP contribution in [0.25, 0.3) is 0 Å². The predicted octanol–water partition coefficient (Wildman–Crippen LogP) is 1.23. The molecule has 0 aromatic heterocycles. The SMILES string of the molecule is COCCN(C(=O)C(C)C(C)C(=O)O)C(C)C. The van der Waals surface area contributed by atoms with E-state index < -0.39 is 17.8 Å². The number of carboxylic acids is 1. The Labute approximate surface area is 103 Å². The Morgan fingerprint density at radius 2 is 1.71 bits per heavy atom. The van der Waals surface area contributed by atoms with Gasteiger partial charge in [0.1, 0.15) is 0 Å². The van der Waals surface area contributed by atoms with Crippen LogP contribution in [0.1, 0.15) is 27.7 Å². The van der Waals surface area contributed by atoms with Crippen LogP contribution in [0.3, 0.4) is 0 Å². The summed E-state index contributed by atoms with van der Waals surface area (Å²) in [6.07, 6.45) is 0. The van der Waals surface area contributed by atoms with Crippen molar-refractivity contribution in [2.75, 3.05) is 20.3 Å². The van der Waals surface area contributed by atoms with Gasteiger partial charge in [-0.1, -0.05) is 13.8 Å². The molecule has 0 fully saturated rings. The third-order valence-corrected chi connectivity index (χ3v) is 2.97. The van der Waals surface area contributed by atoms with Gasteiger partial charge in [-0.05, 0) is 13.8 Å². The zero-order chi connectivity index (χ0) is 13.6. The molecule has 0 aliphatic heterocycles. The maximum Gasteiger partial charge on any atom is 0.307 e. The zero-order valence-corrected chi connectivity index (χ0v) is 11.3. The maximum atomic E-state index is 12.1. The molecule has 17 heavy (non-hydrogen) atoms. The Balaban J connectivity index is 4.65. The van der Waals surface area contributed by atoms with Gasteiger partial charge in [-0.2, -0.15) is 0 Å². The third kappa shape index (κ3) is 4.73. The van der Waals surface area contributed by atoms with Crippen molar-refractivity contribution in [1.29, 1.82) is 0 Å². The van der Waals surface area contributed by atoms with E-state index in [1.807, 2.05) is 13.8 Å². The van der Waals surface area contributed by atoms with Crippen molar-refractivity contribution < 1.29 is 19.4 Å². The first kappa shape index (κ1) is 15.9. The third-order valence-electron chi connectivity index (χ3n) is 2.97. The molecule has 5 heteroatoms. The number of ether oxygens (including phenoxy) is 1. The summed E-state index contributed by atoms with van der Waals surface area (Å²) in [6.45, 7) is 7.97. The highest BCUT2D eigenvalue weighted by Gasteiger charge is 2.30. The van der Waals surface area contributed by atoms with Gasteiger partial charge >= 0.3 is 5.97 Å². The van der Waals surface area contributed by atoms with Crippen molar-refractivity contribution in [3.63, 3.8) is 0 Å². The molecule has 0 spiro atoms. The van der Waals surface area contributed by atoms with E-state index in [2.05, 4.69) is 0 Å². The van der Waals surface area contributed by atoms with Gasteiger partial charge in [0.15, 0.2) is 0 Å². The summed E-state index contributed by atoms with van der Waals surface area (Å²) in [5, 5.41) is 8.90. The summed E-state index contributed by atoms with van der Waals surface area (Å²) in [4.78, 5) is 24.7. The lowest BCUT2D eigenvalue weighted by atomic mass is 9.94. The lowest BCUT2D eigenvalue weighted by Crippen LogP contribution is -2.44. The number of hydrogen-bond acceptors (Lipinski definition) is 3. The minimum absolute atomic E-state index is 0.0427. The highest BCUT2D eigenvalue weighted by Crippen LogP contribution is 2.16. The molecule has 0 radical (unpaired) electrons. The molecule has 0 heterocycles. The molecule has 0 saturated carbocycles. The number of aliphatic carboxylic acids is 1. The summed E-state index contributed by atoms with van der Waals surface area (Å²) in [5.41, 5.74) is 0. The summed E-state index contributed by atoms with van der Waals surface area (Å²) in [7, 11) is 1.58. The number of nitrogens with zero attached hydrogens (tertiary/aromatic N) is 1. The lowest BCUT2D eigenvalue weighted by molar-refractivity contribution is -0.150. The number of carbonyl (C=O) groups excluding carboxylic acids is 1. The first-order valence-corrected chi connectivity index (χ1v) is 5.85. The van der Waals surface area contributed by atoms with Crippen molar-refractivity contribution >= 4 is 11.9 Å². The molecule has 1 amide bonds. The fourth-order valence-corrected chi connectivity index (χ4v) is 1.50. The summed E-state index contributed by atoms with van der Waals surface area (Å²) < 4.78 is 4.95. The maximum absolute atomic E-state index is 12.1. The second kappa shape index (κ2) is 7.27. The van der Waals surface area contributed by atoms with Crippen molar-refractivity contribution in [1.82, 2.24) is 4.90 Å². The van der Waals surface area contributed by atoms with Gasteiger partial charge in [-0.3, -0.25) is 9.59 Å². The fraction of sp³-hybridized carbons (Fsp3) is 0.833. The number of methoxy groups -OCH3 is 1. The van der Waals surface area contributed by atoms with Crippen LogP contribution >= 0.6 is 0 Å². The van der Waals surface area contributed by atoms with Crippen LogP contribution in [0.2, 0.25) is 0 Å². The van der Waals surface area contributed by atoms with Crippen LogP contribution in [0, 0.1) is 11.8 Å². The number of carboxylic acid groups (broad SMARTS) is 1. The Kier molecular flexibility index (Phi) is 6.80. The number of amides is 1. The van der Waals surface area contributed by atoms with E-state index in [1.54, 1.807) is 25.9 Å². The summed E-state index contributed by atoms with van der Waals surface area (Å²) in [5.74, 6) is -2.27. The van der Waals surface area contributed by atoms with Gasteiger partial charge in [0, 0.05) is 25.6 Å². The average molecular weight is 245 g/mol. The first-order chi connectivity index (χ1) is 7.82. The Bertz CT molecular complexity index is 265. The van der Waals surface area contributed by atoms with Crippen LogP contribution in [-0.2, 0) is 14.3 Å². The monoisotopic (exact) mass is 245 g/mol. The lowest BCUT2D eigenvalue weighted by Gasteiger charge is -2.30. The average Bonchev–Trinajstić information content (AvgIpc) is 2.26. The zero-order valence-electron chi connectivity index (χ0n) is 11.3. The molecular formula is C12H23NO4. The normalized spacial score (nSPS) is 14.5. The number of rotatable bonds is 7. The van der Waals surface area contributed by atoms with Gasteiger partial charge < -0.3 is 14.7 Å². The predicted molar refractivity (Wildman–Crippen MR) is 64.7 cm³/mol. The van der Waals surface area contributed by atoms with Crippen LogP contribution in [0.4, 0.5) is 0 Å². The molecule has 2 unspecified atom stereocenters. The van der Waals surface area contributed by atoms with Crippen molar-refractivity contribution in [2.45, 2.75) is 33.7 Å². The van der Waals surface area contributed by atoms with Gasteiger partial charge in [-0.15, -0.1) is 0 Å². The second-order valence-corrected chi connectivity index (χ2v) is 4.53. The van der Waals surface area contributed by atoms with Crippen LogP contribution in [-0.4, -0.2) is 48.2 Å². The van der Waals surface area contributed by atoms with E-state index in [-0.39, 0.29) is 11.9 Å². The Morgan fingerprint density at radius 1 is 1.18 bits per heavy atom. The van der Waals surface area contributed by atoms with E-state index in [9.17, 15) is 9.59 Å². The highest BCUT2D eigenvalue weighted by molar-refractivity contribution is 5.84. The van der Waals surface area contributed by atoms with E-state index in [0.717, 1.165) is 0 Å². The smallest absolute Gasteiger partial charge is 0.307 e. The molecule has 0 saturated heterocycles. The molecule has 0 bridgehead atoms. The standard InChI is InChI=1S/C12H23NO4/c1-8(2)13(6-7-17-5)11(14)9(3)10(4)12(15)16/h8-10H,6-7H2,1-5H3,(H,15,16). The molecule has 0 aliphatic rings. The Morgan fingerprint density at radius 3 is 2.06 bits per heavy atom. The van der Waals surface area contributed by atoms with Gasteiger partial charge in [0.05, 0.1) is 12.5 Å². The molecule has 0 aliphatic carbocycles. The van der Waals surface area contributed by atoms with Crippen LogP contribution in [0.15, 0.2) is 0 Å². The van der Waals surface area contributed by atoms with Gasteiger partial charge in [0.2, 0.25) is 5.91 Å². The van der Waals surface area contributed by atoms with Crippen molar-refractivity contribution in [2.24, 2.45) is 11.8 Å². The summed E-state index contributed by atoms with van der Waals surface area (Å²) >= 11 is 0. The molecule has 0 rings (SSSR count). The molecule has 0 aromatic carbocycles. The van der Waals surface area contributed by atoms with Crippen molar-refractivity contribution in [3.8, 4) is 0 Å². The summed E-state index contributed by atoms with van der Waals surface area (Å²) in [6, 6.07) is 0.0427. The minimum atomic E-state index is -0.943. The Hall–Kier alpha value is -1.10. The topological polar surface area (TPSA) is 66.8 Å². The second-order valence-electron chi connectivity index (χ2n) is 4.53. The molecule has 0 aromatic rings. The highest BCUT2D eigenvalue weighted by atomic mass is 16.5. The van der Waals surface area contributed by atoms with E-state index in [0.29, 0.717) is 13.2 Å². The van der Waals surface area contributed by atoms with Gasteiger partial charge in [-0.25, -0.2) is 0 Å². The number of hydrogen-bond donors (Lipinski definition) is 1. The largest absolute Gasteiger partial charge is 0.481 e. The minimum Gasteiger partial charge on any atom is -0.481 e. The molecule has 100 valence electrons. The number of carbonyl (C=O) groups is 2.